The van der Waals surface area contributed by atoms with Gasteiger partial charge < -0.3 is 9.67 Å². The van der Waals surface area contributed by atoms with E-state index in [2.05, 4.69) is 155 Å². The summed E-state index contributed by atoms with van der Waals surface area (Å²) >= 11 is 0. The maximum absolute atomic E-state index is 14.8. The van der Waals surface area contributed by atoms with Crippen molar-refractivity contribution in [2.75, 3.05) is 0 Å². The summed E-state index contributed by atoms with van der Waals surface area (Å²) in [4.78, 5) is 9.91. The summed E-state index contributed by atoms with van der Waals surface area (Å²) in [6, 6.07) is 54.7. The Hall–Kier alpha value is -6.16. The van der Waals surface area contributed by atoms with Crippen LogP contribution < -0.4 is 0 Å². The average molecular weight is 966 g/mol. The van der Waals surface area contributed by atoms with E-state index in [0.29, 0.717) is 17.0 Å². The standard InChI is InChI=1S/C54H45FN3O.Pt/c1-53(2,3)39-28-37(29-40(33-39)54(4,5)6)38-31-48(57-49(32-38)45-22-14-23-46(55)52(45)59)36-16-12-15-35(27-36)47-30-34(25-26-56-47)42-20-13-21-44-43-19-10-11-24-50(43)58(51(42)44)41-17-8-7-9-18-41;/h7-26,28-33,59H,1-6H3;/q-1;. The van der Waals surface area contributed by atoms with Crippen LogP contribution in [0.4, 0.5) is 4.39 Å². The molecule has 0 saturated heterocycles. The molecule has 0 fully saturated rings. The number of benzene rings is 6. The molecule has 0 amide bonds. The minimum absolute atomic E-state index is 0. The van der Waals surface area contributed by atoms with Gasteiger partial charge in [0.2, 0.25) is 0 Å². The van der Waals surface area contributed by atoms with E-state index in [4.69, 9.17) is 9.97 Å². The normalized spacial score (nSPS) is 11.8. The second kappa shape index (κ2) is 15.8. The number of phenolic OH excluding ortho intramolecular Hbond substituents is 1. The van der Waals surface area contributed by atoms with Crippen molar-refractivity contribution in [3.8, 4) is 67.5 Å². The molecule has 60 heavy (non-hydrogen) atoms. The van der Waals surface area contributed by atoms with Gasteiger partial charge in [-0.3, -0.25) is 9.97 Å². The molecule has 0 atom stereocenters. The molecule has 9 rings (SSSR count). The minimum Gasteiger partial charge on any atom is -0.504 e. The Bertz CT molecular complexity index is 3010. The summed E-state index contributed by atoms with van der Waals surface area (Å²) in [5.41, 5.74) is 13.5. The van der Waals surface area contributed by atoms with Gasteiger partial charge in [0, 0.05) is 66.2 Å². The van der Waals surface area contributed by atoms with Crippen LogP contribution in [-0.2, 0) is 31.9 Å². The maximum Gasteiger partial charge on any atom is 0.165 e. The van der Waals surface area contributed by atoms with Gasteiger partial charge in [-0.2, -0.15) is 0 Å². The summed E-state index contributed by atoms with van der Waals surface area (Å²) < 4.78 is 17.2. The fraction of sp³-hybridized carbons (Fsp3) is 0.148. The van der Waals surface area contributed by atoms with Gasteiger partial charge in [0.25, 0.3) is 0 Å². The SMILES string of the molecule is CC(C)(C)c1cc(-c2cc(-c3[c-]c(-c4cc(-c5cccc6c7ccccc7n(-c7ccccc7)c56)ccn4)ccc3)nc(-c3cccc(F)c3O)c2)cc(C(C)(C)C)c1.[Pt]. The van der Waals surface area contributed by atoms with E-state index >= 15 is 0 Å². The fourth-order valence-electron chi connectivity index (χ4n) is 7.97. The Labute approximate surface area is 365 Å². The van der Waals surface area contributed by atoms with Crippen molar-refractivity contribution in [3.05, 3.63) is 181 Å². The van der Waals surface area contributed by atoms with Crippen LogP contribution in [0.25, 0.3) is 83.5 Å². The molecule has 0 unspecified atom stereocenters. The van der Waals surface area contributed by atoms with Crippen LogP contribution in [0.15, 0.2) is 158 Å². The number of nitrogens with zero attached hydrogens (tertiary/aromatic N) is 3. The summed E-state index contributed by atoms with van der Waals surface area (Å²) in [5, 5.41) is 13.3. The van der Waals surface area contributed by atoms with Crippen LogP contribution in [-0.4, -0.2) is 19.6 Å². The van der Waals surface area contributed by atoms with Crippen LogP contribution in [0.2, 0.25) is 0 Å². The van der Waals surface area contributed by atoms with Gasteiger partial charge in [0.1, 0.15) is 0 Å². The summed E-state index contributed by atoms with van der Waals surface area (Å²) in [5.74, 6) is -1.12. The molecule has 0 bridgehead atoms. The molecule has 0 aliphatic rings. The number of pyridine rings is 2. The molecule has 0 spiro atoms. The number of fused-ring (bicyclic) bond motifs is 3. The Morgan fingerprint density at radius 2 is 1.13 bits per heavy atom. The molecule has 0 aliphatic carbocycles. The predicted octanol–water partition coefficient (Wildman–Crippen LogP) is 14.1. The molecule has 300 valence electrons. The molecule has 6 aromatic carbocycles. The number of hydrogen-bond donors (Lipinski definition) is 1. The first-order valence-electron chi connectivity index (χ1n) is 20.1. The van der Waals surface area contributed by atoms with Crippen molar-refractivity contribution in [1.29, 1.82) is 0 Å². The van der Waals surface area contributed by atoms with E-state index in [-0.39, 0.29) is 31.9 Å². The molecule has 3 aromatic heterocycles. The third kappa shape index (κ3) is 7.59. The smallest absolute Gasteiger partial charge is 0.165 e. The molecule has 4 nitrogen and oxygen atoms in total. The summed E-state index contributed by atoms with van der Waals surface area (Å²) in [6.07, 6.45) is 1.86. The largest absolute Gasteiger partial charge is 0.504 e. The Kier molecular flexibility index (Phi) is 10.7. The van der Waals surface area contributed by atoms with Crippen molar-refractivity contribution < 1.29 is 30.6 Å². The van der Waals surface area contributed by atoms with Gasteiger partial charge >= 0.3 is 0 Å². The minimum atomic E-state index is -0.694. The van der Waals surface area contributed by atoms with Crippen molar-refractivity contribution in [2.24, 2.45) is 0 Å². The van der Waals surface area contributed by atoms with E-state index in [1.54, 1.807) is 12.1 Å². The van der Waals surface area contributed by atoms with E-state index in [0.717, 1.165) is 55.8 Å². The Balaban J connectivity index is 0.00000499. The van der Waals surface area contributed by atoms with Gasteiger partial charge in [0.05, 0.1) is 16.7 Å². The topological polar surface area (TPSA) is 50.9 Å². The third-order valence-electron chi connectivity index (χ3n) is 11.2. The first kappa shape index (κ1) is 40.6. The quantitative estimate of drug-likeness (QED) is 0.169. The number of aromatic nitrogens is 3. The zero-order valence-corrected chi connectivity index (χ0v) is 36.8. The Morgan fingerprint density at radius 1 is 0.550 bits per heavy atom. The van der Waals surface area contributed by atoms with Crippen molar-refractivity contribution in [1.82, 2.24) is 14.5 Å². The van der Waals surface area contributed by atoms with E-state index in [1.807, 2.05) is 36.5 Å². The van der Waals surface area contributed by atoms with Crippen molar-refractivity contribution >= 4 is 21.8 Å². The van der Waals surface area contributed by atoms with Crippen LogP contribution in [0.3, 0.4) is 0 Å². The second-order valence-electron chi connectivity index (χ2n) is 17.4. The number of hydrogen-bond acceptors (Lipinski definition) is 3. The van der Waals surface area contributed by atoms with E-state index in [9.17, 15) is 9.50 Å². The van der Waals surface area contributed by atoms with Gasteiger partial charge in [-0.1, -0.05) is 144 Å². The Morgan fingerprint density at radius 3 is 1.87 bits per heavy atom. The number of rotatable bonds is 6. The third-order valence-corrected chi connectivity index (χ3v) is 11.2. The average Bonchev–Trinajstić information content (AvgIpc) is 3.59. The van der Waals surface area contributed by atoms with Crippen LogP contribution in [0.1, 0.15) is 52.7 Å². The van der Waals surface area contributed by atoms with Gasteiger partial charge in [-0.15, -0.1) is 24.3 Å². The number of halogens is 1. The van der Waals surface area contributed by atoms with Crippen LogP contribution in [0.5, 0.6) is 5.75 Å². The van der Waals surface area contributed by atoms with E-state index in [1.165, 1.54) is 28.0 Å². The molecule has 0 radical (unpaired) electrons. The molecule has 3 heterocycles. The van der Waals surface area contributed by atoms with E-state index < -0.39 is 11.6 Å². The van der Waals surface area contributed by atoms with Gasteiger partial charge in [-0.25, -0.2) is 4.39 Å². The zero-order chi connectivity index (χ0) is 41.1. The van der Waals surface area contributed by atoms with Crippen molar-refractivity contribution in [2.45, 2.75) is 52.4 Å². The molecular formula is C54H45FN3OPt-. The molecule has 0 saturated carbocycles. The monoisotopic (exact) mass is 965 g/mol. The number of para-hydroxylation sites is 4. The molecular weight excluding hydrogens is 921 g/mol. The summed E-state index contributed by atoms with van der Waals surface area (Å²) in [6.45, 7) is 13.3. The molecule has 9 aromatic rings. The summed E-state index contributed by atoms with van der Waals surface area (Å²) in [7, 11) is 0. The predicted molar refractivity (Wildman–Crippen MR) is 241 cm³/mol. The first-order valence-corrected chi connectivity index (χ1v) is 20.1. The number of phenols is 1. The molecule has 6 heteroatoms. The van der Waals surface area contributed by atoms with Gasteiger partial charge in [-0.05, 0) is 81.1 Å². The first-order chi connectivity index (χ1) is 28.3. The molecule has 1 N–H and O–H groups in total. The zero-order valence-electron chi connectivity index (χ0n) is 34.5. The van der Waals surface area contributed by atoms with Crippen LogP contribution in [0, 0.1) is 11.9 Å². The van der Waals surface area contributed by atoms with Gasteiger partial charge in [0.15, 0.2) is 11.6 Å². The fourth-order valence-corrected chi connectivity index (χ4v) is 7.97. The van der Waals surface area contributed by atoms with Crippen LogP contribution >= 0.6 is 0 Å². The maximum atomic E-state index is 14.8. The molecule has 0 aliphatic heterocycles. The van der Waals surface area contributed by atoms with Crippen molar-refractivity contribution in [3.63, 3.8) is 0 Å². The number of aromatic hydroxyl groups is 1. The second-order valence-corrected chi connectivity index (χ2v) is 17.4.